The second kappa shape index (κ2) is 11.9. The molecule has 0 unspecified atom stereocenters. The van der Waals surface area contributed by atoms with Crippen LogP contribution in [0.1, 0.15) is 41.0 Å². The normalized spacial score (nSPS) is 14.9. The van der Waals surface area contributed by atoms with Crippen molar-refractivity contribution >= 4 is 51.7 Å². The van der Waals surface area contributed by atoms with Gasteiger partial charge in [0.25, 0.3) is 5.56 Å². The smallest absolute Gasteiger partial charge is 0.338 e. The van der Waals surface area contributed by atoms with E-state index in [9.17, 15) is 14.0 Å². The van der Waals surface area contributed by atoms with Crippen LogP contribution in [-0.2, 0) is 9.53 Å². The van der Waals surface area contributed by atoms with Crippen molar-refractivity contribution in [2.45, 2.75) is 26.8 Å². The van der Waals surface area contributed by atoms with Gasteiger partial charge in [-0.3, -0.25) is 9.36 Å². The number of esters is 1. The minimum atomic E-state index is -0.854. The molecule has 0 saturated carbocycles. The van der Waals surface area contributed by atoms with E-state index in [0.29, 0.717) is 20.6 Å². The van der Waals surface area contributed by atoms with Gasteiger partial charge in [0.15, 0.2) is 4.80 Å². The minimum Gasteiger partial charge on any atom is -0.463 e. The van der Waals surface area contributed by atoms with Crippen LogP contribution in [0.25, 0.3) is 17.5 Å². The maximum Gasteiger partial charge on any atom is 0.338 e. The number of hydrogen-bond acceptors (Lipinski definition) is 5. The van der Waals surface area contributed by atoms with Crippen LogP contribution in [0.2, 0.25) is 0 Å². The van der Waals surface area contributed by atoms with Gasteiger partial charge in [-0.15, -0.1) is 0 Å². The zero-order valence-corrected chi connectivity index (χ0v) is 26.6. The Labute approximate surface area is 265 Å². The summed E-state index contributed by atoms with van der Waals surface area (Å²) >= 11 is 3.55. The summed E-state index contributed by atoms with van der Waals surface area (Å²) in [5, 5.41) is 0. The van der Waals surface area contributed by atoms with Crippen LogP contribution in [0.15, 0.2) is 100 Å². The standard InChI is InChI=1S/C34H27FIN3O3S/c1-4-42-33(41)29-30(22-8-6-5-7-9-22)37-34-39(31(29)23-10-12-25(35)13-11-23)32(40)28(43-34)19-24-18-20(2)38(21(24)3)27-16-14-26(36)15-17-27/h5-19,31H,4H2,1-3H3/b28-19-/t31-/m1/s1. The van der Waals surface area contributed by atoms with Crippen LogP contribution in [0.4, 0.5) is 4.39 Å². The summed E-state index contributed by atoms with van der Waals surface area (Å²) in [5.41, 5.74) is 5.66. The number of aromatic nitrogens is 2. The highest BCUT2D eigenvalue weighted by Crippen LogP contribution is 2.35. The topological polar surface area (TPSA) is 65.6 Å². The summed E-state index contributed by atoms with van der Waals surface area (Å²) in [5.74, 6) is -0.987. The average Bonchev–Trinajstić information content (AvgIpc) is 3.47. The van der Waals surface area contributed by atoms with E-state index >= 15 is 0 Å². The zero-order chi connectivity index (χ0) is 30.2. The molecule has 0 fully saturated rings. The van der Waals surface area contributed by atoms with Crippen LogP contribution >= 0.6 is 33.9 Å². The average molecular weight is 704 g/mol. The number of aryl methyl sites for hydroxylation is 1. The van der Waals surface area contributed by atoms with E-state index in [1.54, 1.807) is 19.1 Å². The number of nitrogens with zero attached hydrogens (tertiary/aromatic N) is 3. The van der Waals surface area contributed by atoms with Gasteiger partial charge in [0.1, 0.15) is 5.82 Å². The number of benzene rings is 3. The molecule has 0 spiro atoms. The number of ether oxygens (including phenoxy) is 1. The lowest BCUT2D eigenvalue weighted by Crippen LogP contribution is -2.40. The van der Waals surface area contributed by atoms with Crippen LogP contribution < -0.4 is 14.9 Å². The first kappa shape index (κ1) is 29.0. The number of halogens is 2. The summed E-state index contributed by atoms with van der Waals surface area (Å²) in [6.45, 7) is 5.95. The molecular formula is C34H27FIN3O3S. The van der Waals surface area contributed by atoms with Crippen LogP contribution in [0.5, 0.6) is 0 Å². The Morgan fingerprint density at radius 3 is 2.42 bits per heavy atom. The molecule has 5 aromatic rings. The van der Waals surface area contributed by atoms with E-state index in [0.717, 1.165) is 31.8 Å². The molecule has 0 saturated heterocycles. The number of fused-ring (bicyclic) bond motifs is 1. The Bertz CT molecular complexity index is 2060. The van der Waals surface area contributed by atoms with Gasteiger partial charge in [0.05, 0.1) is 28.5 Å². The first-order valence-electron chi connectivity index (χ1n) is 13.8. The molecule has 0 amide bonds. The van der Waals surface area contributed by atoms with Crippen molar-refractivity contribution in [2.24, 2.45) is 4.99 Å². The molecule has 6 rings (SSSR count). The molecule has 3 aromatic carbocycles. The van der Waals surface area contributed by atoms with Gasteiger partial charge in [0, 0.05) is 26.2 Å². The third kappa shape index (κ3) is 5.43. The highest BCUT2D eigenvalue weighted by Gasteiger charge is 2.35. The van der Waals surface area contributed by atoms with Gasteiger partial charge in [-0.25, -0.2) is 14.2 Å². The maximum atomic E-state index is 14.2. The van der Waals surface area contributed by atoms with Gasteiger partial charge in [-0.05, 0) is 103 Å². The molecule has 0 bridgehead atoms. The molecule has 216 valence electrons. The predicted octanol–water partition coefficient (Wildman–Crippen LogP) is 6.09. The van der Waals surface area contributed by atoms with Crippen molar-refractivity contribution in [1.29, 1.82) is 0 Å². The maximum absolute atomic E-state index is 14.2. The third-order valence-corrected chi connectivity index (χ3v) is 9.10. The lowest BCUT2D eigenvalue weighted by atomic mass is 9.93. The molecule has 43 heavy (non-hydrogen) atoms. The van der Waals surface area contributed by atoms with Crippen molar-refractivity contribution in [1.82, 2.24) is 9.13 Å². The number of hydrogen-bond donors (Lipinski definition) is 0. The van der Waals surface area contributed by atoms with Gasteiger partial charge in [-0.1, -0.05) is 53.8 Å². The molecule has 2 aromatic heterocycles. The fourth-order valence-electron chi connectivity index (χ4n) is 5.46. The summed E-state index contributed by atoms with van der Waals surface area (Å²) in [7, 11) is 0. The molecule has 6 nitrogen and oxygen atoms in total. The van der Waals surface area contributed by atoms with Crippen molar-refractivity contribution in [3.05, 3.63) is 148 Å². The predicted molar refractivity (Wildman–Crippen MR) is 175 cm³/mol. The molecule has 0 aliphatic carbocycles. The number of rotatable bonds is 6. The summed E-state index contributed by atoms with van der Waals surface area (Å²) < 4.78 is 24.8. The monoisotopic (exact) mass is 703 g/mol. The van der Waals surface area contributed by atoms with Crippen molar-refractivity contribution < 1.29 is 13.9 Å². The quantitative estimate of drug-likeness (QED) is 0.159. The first-order valence-corrected chi connectivity index (χ1v) is 15.6. The Balaban J connectivity index is 1.59. The molecule has 3 heterocycles. The molecular weight excluding hydrogens is 676 g/mol. The van der Waals surface area contributed by atoms with E-state index in [2.05, 4.69) is 57.5 Å². The fraction of sp³-hybridized carbons (Fsp3) is 0.147. The number of carbonyl (C=O) groups is 1. The largest absolute Gasteiger partial charge is 0.463 e. The Morgan fingerprint density at radius 2 is 1.74 bits per heavy atom. The molecule has 0 radical (unpaired) electrons. The highest BCUT2D eigenvalue weighted by molar-refractivity contribution is 14.1. The van der Waals surface area contributed by atoms with Crippen molar-refractivity contribution in [2.75, 3.05) is 6.61 Å². The van der Waals surface area contributed by atoms with E-state index in [4.69, 9.17) is 9.73 Å². The molecule has 1 aliphatic heterocycles. The van der Waals surface area contributed by atoms with Gasteiger partial charge >= 0.3 is 5.97 Å². The lowest BCUT2D eigenvalue weighted by molar-refractivity contribution is -0.138. The van der Waals surface area contributed by atoms with E-state index < -0.39 is 17.8 Å². The van der Waals surface area contributed by atoms with Gasteiger partial charge < -0.3 is 9.30 Å². The van der Waals surface area contributed by atoms with Gasteiger partial charge in [-0.2, -0.15) is 0 Å². The second-order valence-corrected chi connectivity index (χ2v) is 12.4. The molecule has 1 aliphatic rings. The summed E-state index contributed by atoms with van der Waals surface area (Å²) in [4.78, 5) is 33.1. The van der Waals surface area contributed by atoms with Crippen molar-refractivity contribution in [3.8, 4) is 5.69 Å². The summed E-state index contributed by atoms with van der Waals surface area (Å²) in [6.07, 6.45) is 1.88. The minimum absolute atomic E-state index is 0.154. The Morgan fingerprint density at radius 1 is 1.05 bits per heavy atom. The van der Waals surface area contributed by atoms with Crippen LogP contribution in [0.3, 0.4) is 0 Å². The van der Waals surface area contributed by atoms with E-state index in [1.807, 2.05) is 50.3 Å². The van der Waals surface area contributed by atoms with Crippen molar-refractivity contribution in [3.63, 3.8) is 0 Å². The molecule has 1 atom stereocenters. The fourth-order valence-corrected chi connectivity index (χ4v) is 6.81. The Kier molecular flexibility index (Phi) is 8.02. The second-order valence-electron chi connectivity index (χ2n) is 10.1. The highest BCUT2D eigenvalue weighted by atomic mass is 127. The lowest BCUT2D eigenvalue weighted by Gasteiger charge is -2.25. The SMILES string of the molecule is CCOC(=O)C1=C(c2ccccc2)N=c2s/c(=C\c3cc(C)n(-c4ccc(I)cc4)c3C)c(=O)n2[C@@H]1c1ccc(F)cc1. The van der Waals surface area contributed by atoms with E-state index in [-0.39, 0.29) is 17.7 Å². The van der Waals surface area contributed by atoms with Crippen LogP contribution in [-0.4, -0.2) is 21.7 Å². The van der Waals surface area contributed by atoms with Gasteiger partial charge in [0.2, 0.25) is 0 Å². The molecule has 9 heteroatoms. The third-order valence-electron chi connectivity index (χ3n) is 7.40. The Hall–Kier alpha value is -4.09. The number of carbonyl (C=O) groups excluding carboxylic acids is 1. The first-order chi connectivity index (χ1) is 20.8. The molecule has 0 N–H and O–H groups in total. The van der Waals surface area contributed by atoms with Crippen LogP contribution in [0, 0.1) is 23.2 Å². The summed E-state index contributed by atoms with van der Waals surface area (Å²) in [6, 6.07) is 24.7. The number of thiazole rings is 1. The van der Waals surface area contributed by atoms with E-state index in [1.165, 1.54) is 28.0 Å². The zero-order valence-electron chi connectivity index (χ0n) is 23.7.